The summed E-state index contributed by atoms with van der Waals surface area (Å²) in [7, 11) is -2.27. The van der Waals surface area contributed by atoms with Gasteiger partial charge in [0.1, 0.15) is 5.69 Å². The maximum absolute atomic E-state index is 12.5. The van der Waals surface area contributed by atoms with E-state index in [1.807, 2.05) is 0 Å². The second-order valence-corrected chi connectivity index (χ2v) is 9.09. The van der Waals surface area contributed by atoms with Gasteiger partial charge < -0.3 is 10.1 Å². The molecule has 0 aliphatic rings. The van der Waals surface area contributed by atoms with Gasteiger partial charge in [-0.05, 0) is 52.1 Å². The van der Waals surface area contributed by atoms with E-state index in [1.54, 1.807) is 55.6 Å². The van der Waals surface area contributed by atoms with E-state index >= 15 is 0 Å². The van der Waals surface area contributed by atoms with Gasteiger partial charge in [0, 0.05) is 23.9 Å². The number of aromatic nitrogens is 3. The van der Waals surface area contributed by atoms with E-state index in [2.05, 4.69) is 21.3 Å². The molecule has 0 fully saturated rings. The molecule has 2 aromatic heterocycles. The van der Waals surface area contributed by atoms with Gasteiger partial charge >= 0.3 is 5.97 Å². The van der Waals surface area contributed by atoms with E-state index < -0.39 is 15.5 Å². The molecule has 0 bridgehead atoms. The van der Waals surface area contributed by atoms with Crippen LogP contribution in [-0.4, -0.2) is 49.6 Å². The van der Waals surface area contributed by atoms with Crippen molar-refractivity contribution in [3.63, 3.8) is 0 Å². The summed E-state index contributed by atoms with van der Waals surface area (Å²) in [5.41, 5.74) is 1.37. The Balaban J connectivity index is 1.68. The lowest BCUT2D eigenvalue weighted by molar-refractivity contribution is 0.0526. The predicted molar refractivity (Wildman–Crippen MR) is 114 cm³/mol. The van der Waals surface area contributed by atoms with E-state index in [9.17, 15) is 13.8 Å². The number of nitrogens with zero attached hydrogens (tertiary/aromatic N) is 3. The predicted octanol–water partition coefficient (Wildman–Crippen LogP) is 2.08. The van der Waals surface area contributed by atoms with Crippen molar-refractivity contribution >= 4 is 27.3 Å². The normalized spacial score (nSPS) is 12.7. The Morgan fingerprint density at radius 2 is 1.93 bits per heavy atom. The standard InChI is InChI=1S/C21H22N4O4S/c1-4-29-21(27)16-13-23-25(14-16)19-7-5-6-18(24-19)20(26)22-12-15-8-10-17(11-9-15)30(2,3)28/h5-11,13-14H,2,4,12H2,1,3H3,(H,22,26). The smallest absolute Gasteiger partial charge is 0.341 e. The lowest BCUT2D eigenvalue weighted by Crippen LogP contribution is -2.24. The van der Waals surface area contributed by atoms with E-state index in [1.165, 1.54) is 17.1 Å². The van der Waals surface area contributed by atoms with Gasteiger partial charge in [-0.15, -0.1) is 0 Å². The number of carbonyl (C=O) groups excluding carboxylic acids is 2. The zero-order valence-corrected chi connectivity index (χ0v) is 17.5. The molecule has 8 nitrogen and oxygen atoms in total. The van der Waals surface area contributed by atoms with E-state index in [4.69, 9.17) is 4.74 Å². The Labute approximate surface area is 174 Å². The number of rotatable bonds is 7. The van der Waals surface area contributed by atoms with Gasteiger partial charge in [0.25, 0.3) is 5.91 Å². The Morgan fingerprint density at radius 1 is 1.20 bits per heavy atom. The maximum atomic E-state index is 12.5. The lowest BCUT2D eigenvalue weighted by Gasteiger charge is -2.08. The molecule has 1 atom stereocenters. The molecule has 0 saturated carbocycles. The highest BCUT2D eigenvalue weighted by molar-refractivity contribution is 7.99. The molecule has 0 aliphatic carbocycles. The highest BCUT2D eigenvalue weighted by Gasteiger charge is 2.13. The number of nitrogens with one attached hydrogen (secondary N) is 1. The highest BCUT2D eigenvalue weighted by atomic mass is 32.2. The van der Waals surface area contributed by atoms with Crippen LogP contribution >= 0.6 is 0 Å². The monoisotopic (exact) mass is 426 g/mol. The molecule has 1 unspecified atom stereocenters. The third-order valence-electron chi connectivity index (χ3n) is 4.17. The summed E-state index contributed by atoms with van der Waals surface area (Å²) in [5, 5.41) is 6.90. The first-order chi connectivity index (χ1) is 14.3. The van der Waals surface area contributed by atoms with E-state index in [-0.39, 0.29) is 18.2 Å². The van der Waals surface area contributed by atoms with Crippen molar-refractivity contribution in [3.8, 4) is 5.82 Å². The fraction of sp³-hybridized carbons (Fsp3) is 0.190. The molecule has 1 aromatic carbocycles. The summed E-state index contributed by atoms with van der Waals surface area (Å²) < 4.78 is 18.3. The fourth-order valence-corrected chi connectivity index (χ4v) is 3.33. The summed E-state index contributed by atoms with van der Waals surface area (Å²) in [6.07, 6.45) is 4.46. The van der Waals surface area contributed by atoms with Crippen molar-refractivity contribution in [2.24, 2.45) is 0 Å². The molecule has 9 heteroatoms. The van der Waals surface area contributed by atoms with Crippen LogP contribution in [0.3, 0.4) is 0 Å². The minimum absolute atomic E-state index is 0.214. The summed E-state index contributed by atoms with van der Waals surface area (Å²) >= 11 is 0. The number of carbonyl (C=O) groups is 2. The Bertz CT molecular complexity index is 1170. The molecule has 0 radical (unpaired) electrons. The third kappa shape index (κ3) is 5.12. The molecule has 1 N–H and O–H groups in total. The molecule has 30 heavy (non-hydrogen) atoms. The second-order valence-electron chi connectivity index (χ2n) is 6.61. The lowest BCUT2D eigenvalue weighted by atomic mass is 10.2. The molecule has 0 saturated heterocycles. The number of benzene rings is 1. The number of esters is 1. The number of hydrogen-bond donors (Lipinski definition) is 1. The molecular weight excluding hydrogens is 404 g/mol. The van der Waals surface area contributed by atoms with Crippen molar-refractivity contribution < 1.29 is 18.5 Å². The molecule has 2 heterocycles. The van der Waals surface area contributed by atoms with Crippen molar-refractivity contribution in [2.75, 3.05) is 12.9 Å². The van der Waals surface area contributed by atoms with Crippen molar-refractivity contribution in [3.05, 3.63) is 71.7 Å². The fourth-order valence-electron chi connectivity index (χ4n) is 2.61. The maximum Gasteiger partial charge on any atom is 0.341 e. The van der Waals surface area contributed by atoms with Crippen molar-refractivity contribution in [1.29, 1.82) is 0 Å². The van der Waals surface area contributed by atoms with Crippen LogP contribution in [0, 0.1) is 0 Å². The molecule has 3 rings (SSSR count). The topological polar surface area (TPSA) is 103 Å². The SMILES string of the molecule is C=S(C)(=O)c1ccc(CNC(=O)c2cccc(-n3cc(C(=O)OCC)cn3)n2)cc1. The van der Waals surface area contributed by atoms with Crippen LogP contribution in [0.1, 0.15) is 33.3 Å². The average molecular weight is 426 g/mol. The zero-order chi connectivity index (χ0) is 21.7. The molecule has 1 amide bonds. The Morgan fingerprint density at radius 3 is 2.60 bits per heavy atom. The quantitative estimate of drug-likeness (QED) is 0.458. The first-order valence-corrected chi connectivity index (χ1v) is 11.3. The Kier molecular flexibility index (Phi) is 6.31. The zero-order valence-electron chi connectivity index (χ0n) is 16.7. The van der Waals surface area contributed by atoms with Gasteiger partial charge in [-0.25, -0.2) is 14.5 Å². The molecule has 0 aliphatic heterocycles. The third-order valence-corrected chi connectivity index (χ3v) is 5.44. The number of amides is 1. The van der Waals surface area contributed by atoms with E-state index in [0.29, 0.717) is 22.8 Å². The summed E-state index contributed by atoms with van der Waals surface area (Å²) in [6.45, 7) is 2.29. The van der Waals surface area contributed by atoms with Gasteiger partial charge in [-0.1, -0.05) is 18.2 Å². The average Bonchev–Trinajstić information content (AvgIpc) is 3.22. The summed E-state index contributed by atoms with van der Waals surface area (Å²) in [5.74, 6) is 3.23. The van der Waals surface area contributed by atoms with Crippen LogP contribution in [0.25, 0.3) is 5.82 Å². The van der Waals surface area contributed by atoms with Gasteiger partial charge in [-0.2, -0.15) is 5.10 Å². The number of pyridine rings is 1. The molecule has 156 valence electrons. The van der Waals surface area contributed by atoms with Crippen LogP contribution in [0.2, 0.25) is 0 Å². The van der Waals surface area contributed by atoms with Crippen LogP contribution < -0.4 is 5.32 Å². The van der Waals surface area contributed by atoms with Gasteiger partial charge in [0.15, 0.2) is 5.82 Å². The molecule has 3 aromatic rings. The number of hydrogen-bond acceptors (Lipinski definition) is 6. The van der Waals surface area contributed by atoms with Crippen LogP contribution in [0.4, 0.5) is 0 Å². The highest BCUT2D eigenvalue weighted by Crippen LogP contribution is 2.11. The summed E-state index contributed by atoms with van der Waals surface area (Å²) in [4.78, 5) is 29.2. The van der Waals surface area contributed by atoms with Crippen molar-refractivity contribution in [1.82, 2.24) is 20.1 Å². The van der Waals surface area contributed by atoms with Crippen LogP contribution in [0.15, 0.2) is 59.8 Å². The van der Waals surface area contributed by atoms with Crippen LogP contribution in [0.5, 0.6) is 0 Å². The largest absolute Gasteiger partial charge is 0.462 e. The van der Waals surface area contributed by atoms with Gasteiger partial charge in [-0.3, -0.25) is 9.00 Å². The first-order valence-electron chi connectivity index (χ1n) is 9.16. The minimum atomic E-state index is -2.27. The van der Waals surface area contributed by atoms with Gasteiger partial charge in [0.2, 0.25) is 0 Å². The van der Waals surface area contributed by atoms with Gasteiger partial charge in [0.05, 0.1) is 18.4 Å². The molecule has 0 spiro atoms. The second kappa shape index (κ2) is 8.91. The molecular formula is C21H22N4O4S. The van der Waals surface area contributed by atoms with E-state index in [0.717, 1.165) is 5.56 Å². The van der Waals surface area contributed by atoms with Crippen LogP contribution in [-0.2, 0) is 20.8 Å². The minimum Gasteiger partial charge on any atom is -0.462 e. The number of ether oxygens (including phenoxy) is 1. The summed E-state index contributed by atoms with van der Waals surface area (Å²) in [6, 6.07) is 12.0. The van der Waals surface area contributed by atoms with Crippen molar-refractivity contribution in [2.45, 2.75) is 18.4 Å². The first kappa shape index (κ1) is 21.3. The Hall–Kier alpha value is -3.46.